The fourth-order valence-electron chi connectivity index (χ4n) is 4.09. The summed E-state index contributed by atoms with van der Waals surface area (Å²) in [6, 6.07) is 20.8. The maximum absolute atomic E-state index is 13.0. The molecular weight excluding hydrogens is 450 g/mol. The lowest BCUT2D eigenvalue weighted by Crippen LogP contribution is -2.39. The van der Waals surface area contributed by atoms with E-state index in [4.69, 9.17) is 0 Å². The van der Waals surface area contributed by atoms with Crippen molar-refractivity contribution in [3.8, 4) is 0 Å². The van der Waals surface area contributed by atoms with Gasteiger partial charge in [0.25, 0.3) is 0 Å². The first kappa shape index (κ1) is 23.9. The van der Waals surface area contributed by atoms with E-state index in [1.54, 1.807) is 36.4 Å². The van der Waals surface area contributed by atoms with Crippen molar-refractivity contribution in [2.45, 2.75) is 43.2 Å². The molecule has 3 aromatic rings. The number of amides is 1. The Bertz CT molecular complexity index is 1240. The zero-order valence-electron chi connectivity index (χ0n) is 19.0. The van der Waals surface area contributed by atoms with E-state index in [1.165, 1.54) is 0 Å². The predicted molar refractivity (Wildman–Crippen MR) is 133 cm³/mol. The number of para-hydroxylation sites is 1. The van der Waals surface area contributed by atoms with Crippen LogP contribution in [0.3, 0.4) is 0 Å². The van der Waals surface area contributed by atoms with Gasteiger partial charge in [0.1, 0.15) is 0 Å². The summed E-state index contributed by atoms with van der Waals surface area (Å²) in [6.45, 7) is 2.10. The summed E-state index contributed by atoms with van der Waals surface area (Å²) in [5, 5.41) is 16.6. The third-order valence-corrected chi connectivity index (χ3v) is 7.47. The maximum atomic E-state index is 13.0. The lowest BCUT2D eigenvalue weighted by molar-refractivity contribution is -0.114. The molecule has 0 radical (unpaired) electrons. The Hall–Kier alpha value is -3.20. The van der Waals surface area contributed by atoms with Crippen molar-refractivity contribution in [3.05, 3.63) is 89.5 Å². The second kappa shape index (κ2) is 10.4. The molecule has 1 amide bonds. The quantitative estimate of drug-likeness (QED) is 0.395. The highest BCUT2D eigenvalue weighted by Crippen LogP contribution is 2.33. The largest absolute Gasteiger partial charge is 0.391 e. The highest BCUT2D eigenvalue weighted by Gasteiger charge is 2.32. The third-order valence-electron chi connectivity index (χ3n) is 6.01. The normalized spacial score (nSPS) is 17.6. The highest BCUT2D eigenvalue weighted by molar-refractivity contribution is 7.89. The van der Waals surface area contributed by atoms with Gasteiger partial charge in [-0.25, -0.2) is 13.1 Å². The molecule has 4 rings (SSSR count). The van der Waals surface area contributed by atoms with Crippen LogP contribution in [-0.2, 0) is 27.7 Å². The molecule has 0 fully saturated rings. The molecule has 2 atom stereocenters. The first-order valence-corrected chi connectivity index (χ1v) is 12.8. The maximum Gasteiger partial charge on any atom is 0.243 e. The van der Waals surface area contributed by atoms with Crippen LogP contribution in [-0.4, -0.2) is 32.1 Å². The molecule has 7 nitrogen and oxygen atoms in total. The van der Waals surface area contributed by atoms with Crippen molar-refractivity contribution in [2.75, 3.05) is 17.2 Å². The van der Waals surface area contributed by atoms with E-state index >= 15 is 0 Å². The fourth-order valence-corrected chi connectivity index (χ4v) is 5.34. The van der Waals surface area contributed by atoms with Gasteiger partial charge in [-0.1, -0.05) is 43.3 Å². The van der Waals surface area contributed by atoms with Gasteiger partial charge >= 0.3 is 0 Å². The lowest BCUT2D eigenvalue weighted by atomic mass is 9.86. The summed E-state index contributed by atoms with van der Waals surface area (Å²) < 4.78 is 28.8. The van der Waals surface area contributed by atoms with Crippen molar-refractivity contribution in [3.63, 3.8) is 0 Å². The standard InChI is InChI=1S/C26H29N3O4S/c1-2-18-8-13-22(14-9-18)34(32,33)29-26-23-16-21(12-10-19(23)11-15-24(26)30)28-25(31)17-27-20-6-4-3-5-7-20/h3-10,12-14,16,24,26-27,29-30H,2,11,15,17H2,1H3,(H,28,31)/t24-,26-/m1/s1. The van der Waals surface area contributed by atoms with Gasteiger partial charge in [-0.05, 0) is 72.4 Å². The monoisotopic (exact) mass is 479 g/mol. The van der Waals surface area contributed by atoms with E-state index in [0.717, 1.165) is 23.2 Å². The summed E-state index contributed by atoms with van der Waals surface area (Å²) in [5.74, 6) is -0.228. The minimum Gasteiger partial charge on any atom is -0.391 e. The second-order valence-corrected chi connectivity index (χ2v) is 10.1. The molecule has 0 bridgehead atoms. The molecule has 1 aliphatic carbocycles. The number of hydrogen-bond donors (Lipinski definition) is 4. The summed E-state index contributed by atoms with van der Waals surface area (Å²) >= 11 is 0. The van der Waals surface area contributed by atoms with E-state index in [-0.39, 0.29) is 17.3 Å². The minimum absolute atomic E-state index is 0.0908. The molecule has 0 saturated carbocycles. The Labute approximate surface area is 200 Å². The molecule has 0 unspecified atom stereocenters. The van der Waals surface area contributed by atoms with Crippen LogP contribution in [0.2, 0.25) is 0 Å². The molecule has 178 valence electrons. The van der Waals surface area contributed by atoms with E-state index in [2.05, 4.69) is 15.4 Å². The molecule has 8 heteroatoms. The zero-order chi connectivity index (χ0) is 24.1. The van der Waals surface area contributed by atoms with E-state index < -0.39 is 22.2 Å². The van der Waals surface area contributed by atoms with Gasteiger partial charge in [-0.3, -0.25) is 4.79 Å². The van der Waals surface area contributed by atoms with E-state index in [9.17, 15) is 18.3 Å². The topological polar surface area (TPSA) is 108 Å². The number of rotatable bonds is 8. The number of hydrogen-bond acceptors (Lipinski definition) is 5. The number of carbonyl (C=O) groups is 1. The molecule has 3 aromatic carbocycles. The molecule has 4 N–H and O–H groups in total. The van der Waals surface area contributed by atoms with Crippen LogP contribution in [0.1, 0.15) is 36.1 Å². The van der Waals surface area contributed by atoms with Crippen LogP contribution in [0, 0.1) is 0 Å². The number of aryl methyl sites for hydroxylation is 2. The Morgan fingerprint density at radius 1 is 1.00 bits per heavy atom. The SMILES string of the molecule is CCc1ccc(S(=O)(=O)N[C@@H]2c3cc(NC(=O)CNc4ccccc4)ccc3CC[C@H]2O)cc1. The van der Waals surface area contributed by atoms with Crippen LogP contribution in [0.4, 0.5) is 11.4 Å². The first-order chi connectivity index (χ1) is 16.4. The molecule has 0 spiro atoms. The molecule has 0 heterocycles. The zero-order valence-corrected chi connectivity index (χ0v) is 19.8. The summed E-state index contributed by atoms with van der Waals surface area (Å²) in [6.07, 6.45) is 1.02. The number of nitrogens with one attached hydrogen (secondary N) is 3. The smallest absolute Gasteiger partial charge is 0.243 e. The van der Waals surface area contributed by atoms with Crippen molar-refractivity contribution < 1.29 is 18.3 Å². The fraction of sp³-hybridized carbons (Fsp3) is 0.269. The lowest BCUT2D eigenvalue weighted by Gasteiger charge is -2.31. The number of carbonyl (C=O) groups excluding carboxylic acids is 1. The summed E-state index contributed by atoms with van der Waals surface area (Å²) in [5.41, 5.74) is 4.04. The second-order valence-electron chi connectivity index (χ2n) is 8.38. The van der Waals surface area contributed by atoms with E-state index in [0.29, 0.717) is 24.1 Å². The third kappa shape index (κ3) is 5.64. The Kier molecular flexibility index (Phi) is 7.31. The van der Waals surface area contributed by atoms with E-state index in [1.807, 2.05) is 43.3 Å². The van der Waals surface area contributed by atoms with Gasteiger partial charge in [0, 0.05) is 11.4 Å². The van der Waals surface area contributed by atoms with Gasteiger partial charge in [0.2, 0.25) is 15.9 Å². The molecule has 1 aliphatic rings. The molecule has 0 aromatic heterocycles. The molecule has 0 aliphatic heterocycles. The summed E-state index contributed by atoms with van der Waals surface area (Å²) in [4.78, 5) is 12.6. The average Bonchev–Trinajstić information content (AvgIpc) is 2.85. The van der Waals surface area contributed by atoms with Crippen LogP contribution < -0.4 is 15.4 Å². The Balaban J connectivity index is 1.50. The molecular formula is C26H29N3O4S. The average molecular weight is 480 g/mol. The van der Waals surface area contributed by atoms with Crippen LogP contribution >= 0.6 is 0 Å². The number of fused-ring (bicyclic) bond motifs is 1. The van der Waals surface area contributed by atoms with Crippen molar-refractivity contribution in [2.24, 2.45) is 0 Å². The molecule has 34 heavy (non-hydrogen) atoms. The Morgan fingerprint density at radius 2 is 1.74 bits per heavy atom. The summed E-state index contributed by atoms with van der Waals surface area (Å²) in [7, 11) is -3.84. The number of sulfonamides is 1. The first-order valence-electron chi connectivity index (χ1n) is 11.4. The van der Waals surface area contributed by atoms with Gasteiger partial charge in [-0.15, -0.1) is 0 Å². The Morgan fingerprint density at radius 3 is 2.44 bits per heavy atom. The highest BCUT2D eigenvalue weighted by atomic mass is 32.2. The number of benzene rings is 3. The van der Waals surface area contributed by atoms with Gasteiger partial charge in [0.05, 0.1) is 23.6 Å². The van der Waals surface area contributed by atoms with Crippen LogP contribution in [0.5, 0.6) is 0 Å². The van der Waals surface area contributed by atoms with Gasteiger partial charge in [0.15, 0.2) is 0 Å². The minimum atomic E-state index is -3.84. The van der Waals surface area contributed by atoms with Gasteiger partial charge in [-0.2, -0.15) is 0 Å². The van der Waals surface area contributed by atoms with Crippen molar-refractivity contribution in [1.29, 1.82) is 0 Å². The predicted octanol–water partition coefficient (Wildman–Crippen LogP) is 3.63. The van der Waals surface area contributed by atoms with Crippen LogP contribution in [0.15, 0.2) is 77.7 Å². The molecule has 0 saturated heterocycles. The van der Waals surface area contributed by atoms with Crippen LogP contribution in [0.25, 0.3) is 0 Å². The number of anilines is 2. The van der Waals surface area contributed by atoms with Crippen molar-refractivity contribution in [1.82, 2.24) is 4.72 Å². The number of aliphatic hydroxyl groups excluding tert-OH is 1. The number of aliphatic hydroxyl groups is 1. The van der Waals surface area contributed by atoms with Gasteiger partial charge < -0.3 is 15.7 Å². The van der Waals surface area contributed by atoms with Crippen molar-refractivity contribution >= 4 is 27.3 Å².